The van der Waals surface area contributed by atoms with Crippen LogP contribution in [0.25, 0.3) is 0 Å². The van der Waals surface area contributed by atoms with Gasteiger partial charge in [-0.05, 0) is 35.8 Å². The SMILES string of the molecule is CCc1nsc(SCCNc2ccc(Br)cc2)n1. The van der Waals surface area contributed by atoms with Gasteiger partial charge in [0.05, 0.1) is 0 Å². The van der Waals surface area contributed by atoms with Crippen molar-refractivity contribution in [2.75, 3.05) is 17.6 Å². The largest absolute Gasteiger partial charge is 0.384 e. The molecule has 1 aromatic carbocycles. The summed E-state index contributed by atoms with van der Waals surface area (Å²) in [4.78, 5) is 4.42. The molecule has 0 spiro atoms. The van der Waals surface area contributed by atoms with Gasteiger partial charge in [-0.2, -0.15) is 4.37 Å². The van der Waals surface area contributed by atoms with E-state index in [-0.39, 0.29) is 0 Å². The second-order valence-corrected chi connectivity index (χ2v) is 6.62. The van der Waals surface area contributed by atoms with Crippen LogP contribution < -0.4 is 5.32 Å². The number of nitrogens with zero attached hydrogens (tertiary/aromatic N) is 2. The maximum absolute atomic E-state index is 4.42. The van der Waals surface area contributed by atoms with E-state index in [9.17, 15) is 0 Å². The van der Waals surface area contributed by atoms with Crippen molar-refractivity contribution in [2.24, 2.45) is 0 Å². The van der Waals surface area contributed by atoms with Gasteiger partial charge in [-0.25, -0.2) is 4.98 Å². The molecule has 0 amide bonds. The average Bonchev–Trinajstić information content (AvgIpc) is 2.85. The Hall–Kier alpha value is -0.590. The Morgan fingerprint density at radius 3 is 2.78 bits per heavy atom. The molecule has 1 heterocycles. The highest BCUT2D eigenvalue weighted by Gasteiger charge is 2.02. The third-order valence-electron chi connectivity index (χ3n) is 2.27. The van der Waals surface area contributed by atoms with Gasteiger partial charge in [0.25, 0.3) is 0 Å². The van der Waals surface area contributed by atoms with Crippen molar-refractivity contribution < 1.29 is 0 Å². The summed E-state index contributed by atoms with van der Waals surface area (Å²) in [7, 11) is 0. The summed E-state index contributed by atoms with van der Waals surface area (Å²) in [6, 6.07) is 8.20. The first-order valence-electron chi connectivity index (χ1n) is 5.72. The molecule has 2 rings (SSSR count). The Morgan fingerprint density at radius 2 is 2.11 bits per heavy atom. The molecule has 2 aromatic rings. The van der Waals surface area contributed by atoms with Gasteiger partial charge < -0.3 is 5.32 Å². The molecular formula is C12H14BrN3S2. The average molecular weight is 344 g/mol. The maximum Gasteiger partial charge on any atom is 0.170 e. The summed E-state index contributed by atoms with van der Waals surface area (Å²) < 4.78 is 6.43. The zero-order chi connectivity index (χ0) is 12.8. The van der Waals surface area contributed by atoms with Gasteiger partial charge in [0.15, 0.2) is 4.34 Å². The van der Waals surface area contributed by atoms with Crippen molar-refractivity contribution in [3.05, 3.63) is 34.6 Å². The summed E-state index contributed by atoms with van der Waals surface area (Å²) in [6.07, 6.45) is 0.911. The minimum atomic E-state index is 0.911. The fourth-order valence-corrected chi connectivity index (χ4v) is 3.23. The number of halogens is 1. The van der Waals surface area contributed by atoms with E-state index in [1.54, 1.807) is 11.8 Å². The monoisotopic (exact) mass is 343 g/mol. The lowest BCUT2D eigenvalue weighted by atomic mass is 10.3. The van der Waals surface area contributed by atoms with Crippen molar-refractivity contribution in [1.29, 1.82) is 0 Å². The minimum Gasteiger partial charge on any atom is -0.384 e. The number of benzene rings is 1. The number of rotatable bonds is 6. The van der Waals surface area contributed by atoms with Crippen LogP contribution >= 0.6 is 39.2 Å². The van der Waals surface area contributed by atoms with Crippen LogP contribution in [0.4, 0.5) is 5.69 Å². The highest BCUT2D eigenvalue weighted by molar-refractivity contribution is 9.10. The fourth-order valence-electron chi connectivity index (χ4n) is 1.34. The van der Waals surface area contributed by atoms with Gasteiger partial charge >= 0.3 is 0 Å². The number of hydrogen-bond donors (Lipinski definition) is 1. The molecule has 0 saturated heterocycles. The molecule has 0 unspecified atom stereocenters. The standard InChI is InChI=1S/C12H14BrN3S2/c1-2-11-15-12(18-16-11)17-8-7-14-10-5-3-9(13)4-6-10/h3-6,14H,2,7-8H2,1H3. The van der Waals surface area contributed by atoms with Crippen LogP contribution in [0.2, 0.25) is 0 Å². The van der Waals surface area contributed by atoms with Crippen LogP contribution in [-0.2, 0) is 6.42 Å². The molecular weight excluding hydrogens is 330 g/mol. The van der Waals surface area contributed by atoms with Gasteiger partial charge in [-0.15, -0.1) is 0 Å². The van der Waals surface area contributed by atoms with Crippen LogP contribution in [0.3, 0.4) is 0 Å². The number of hydrogen-bond acceptors (Lipinski definition) is 5. The molecule has 0 saturated carbocycles. The van der Waals surface area contributed by atoms with Crippen LogP contribution in [0.1, 0.15) is 12.7 Å². The van der Waals surface area contributed by atoms with Gasteiger partial charge in [-0.1, -0.05) is 34.6 Å². The normalized spacial score (nSPS) is 10.6. The van der Waals surface area contributed by atoms with E-state index in [2.05, 4.69) is 49.7 Å². The molecule has 0 radical (unpaired) electrons. The van der Waals surface area contributed by atoms with Crippen molar-refractivity contribution in [3.63, 3.8) is 0 Å². The van der Waals surface area contributed by atoms with Gasteiger partial charge in [-0.3, -0.25) is 0 Å². The summed E-state index contributed by atoms with van der Waals surface area (Å²) in [5.41, 5.74) is 1.14. The van der Waals surface area contributed by atoms with E-state index in [0.29, 0.717) is 0 Å². The molecule has 96 valence electrons. The first-order chi connectivity index (χ1) is 8.78. The van der Waals surface area contributed by atoms with Gasteiger partial charge in [0.2, 0.25) is 0 Å². The van der Waals surface area contributed by atoms with Crippen LogP contribution in [0.5, 0.6) is 0 Å². The molecule has 0 aliphatic rings. The lowest BCUT2D eigenvalue weighted by Gasteiger charge is -2.04. The summed E-state index contributed by atoms with van der Waals surface area (Å²) >= 11 is 6.66. The van der Waals surface area contributed by atoms with Crippen molar-refractivity contribution in [1.82, 2.24) is 9.36 Å². The summed E-state index contributed by atoms with van der Waals surface area (Å²) in [5.74, 6) is 1.94. The molecule has 18 heavy (non-hydrogen) atoms. The van der Waals surface area contributed by atoms with E-state index in [0.717, 1.165) is 39.0 Å². The zero-order valence-electron chi connectivity index (χ0n) is 10.0. The number of aryl methyl sites for hydroxylation is 1. The molecule has 3 nitrogen and oxygen atoms in total. The highest BCUT2D eigenvalue weighted by Crippen LogP contribution is 2.20. The third kappa shape index (κ3) is 4.26. The molecule has 0 fully saturated rings. The first-order valence-corrected chi connectivity index (χ1v) is 8.28. The molecule has 0 aliphatic heterocycles. The third-order valence-corrected chi connectivity index (χ3v) is 4.67. The topological polar surface area (TPSA) is 37.8 Å². The Balaban J connectivity index is 1.71. The lowest BCUT2D eigenvalue weighted by Crippen LogP contribution is -2.03. The van der Waals surface area contributed by atoms with E-state index < -0.39 is 0 Å². The molecule has 6 heteroatoms. The Kier molecular flexibility index (Phi) is 5.46. The molecule has 0 atom stereocenters. The fraction of sp³-hybridized carbons (Fsp3) is 0.333. The van der Waals surface area contributed by atoms with Crippen molar-refractivity contribution in [2.45, 2.75) is 17.7 Å². The van der Waals surface area contributed by atoms with E-state index in [1.807, 2.05) is 12.1 Å². The van der Waals surface area contributed by atoms with Crippen molar-refractivity contribution >= 4 is 44.9 Å². The number of anilines is 1. The van der Waals surface area contributed by atoms with Gasteiger partial charge in [0, 0.05) is 28.9 Å². The quantitative estimate of drug-likeness (QED) is 0.633. The first kappa shape index (κ1) is 13.8. The highest BCUT2D eigenvalue weighted by atomic mass is 79.9. The lowest BCUT2D eigenvalue weighted by molar-refractivity contribution is 0.971. The van der Waals surface area contributed by atoms with E-state index in [4.69, 9.17) is 0 Å². The Labute approximate surface area is 124 Å². The van der Waals surface area contributed by atoms with Crippen molar-refractivity contribution in [3.8, 4) is 0 Å². The van der Waals surface area contributed by atoms with Crippen LogP contribution in [0.15, 0.2) is 33.1 Å². The van der Waals surface area contributed by atoms with E-state index >= 15 is 0 Å². The number of nitrogens with one attached hydrogen (secondary N) is 1. The smallest absolute Gasteiger partial charge is 0.170 e. The summed E-state index contributed by atoms with van der Waals surface area (Å²) in [5, 5.41) is 3.38. The predicted octanol–water partition coefficient (Wildman–Crippen LogP) is 4.07. The molecule has 1 aromatic heterocycles. The Morgan fingerprint density at radius 1 is 1.33 bits per heavy atom. The van der Waals surface area contributed by atoms with Crippen LogP contribution in [-0.4, -0.2) is 21.7 Å². The zero-order valence-corrected chi connectivity index (χ0v) is 13.2. The molecule has 0 aliphatic carbocycles. The predicted molar refractivity (Wildman–Crippen MR) is 82.6 cm³/mol. The second-order valence-electron chi connectivity index (χ2n) is 3.61. The number of thioether (sulfide) groups is 1. The Bertz CT molecular complexity index is 484. The second kappa shape index (κ2) is 7.11. The molecule has 1 N–H and O–H groups in total. The van der Waals surface area contributed by atoms with Crippen LogP contribution in [0, 0.1) is 0 Å². The molecule has 0 bridgehead atoms. The minimum absolute atomic E-state index is 0.911. The maximum atomic E-state index is 4.42. The number of aromatic nitrogens is 2. The summed E-state index contributed by atoms with van der Waals surface area (Å²) in [6.45, 7) is 3.00. The van der Waals surface area contributed by atoms with E-state index in [1.165, 1.54) is 11.5 Å². The van der Waals surface area contributed by atoms with Gasteiger partial charge in [0.1, 0.15) is 5.82 Å².